The SMILES string of the molecule is CO[C@@H]1OC(COSOOO)[C@H](O[C@@H]2OC(COSOOO)[C@H](OSOOO)[C@H](OOS(=O)O)C2OOS(=O)O)[C@H](OOS(=O)O)C1OOS(=O)O. The van der Waals surface area contributed by atoms with Crippen LogP contribution in [0, 0.1) is 0 Å². The van der Waals surface area contributed by atoms with Crippen LogP contribution in [0.1, 0.15) is 0 Å². The first kappa shape index (κ1) is 48.7. The third-order valence-electron chi connectivity index (χ3n) is 5.43. The smallest absolute Gasteiger partial charge is 0.331 e. The van der Waals surface area contributed by atoms with Gasteiger partial charge in [0.25, 0.3) is 0 Å². The van der Waals surface area contributed by atoms with Crippen molar-refractivity contribution in [2.75, 3.05) is 20.3 Å². The van der Waals surface area contributed by atoms with Crippen molar-refractivity contribution in [2.45, 2.75) is 61.4 Å². The van der Waals surface area contributed by atoms with Crippen LogP contribution in [0.2, 0.25) is 0 Å². The molecule has 39 heteroatoms. The van der Waals surface area contributed by atoms with Crippen molar-refractivity contribution in [3.05, 3.63) is 0 Å². The zero-order valence-electron chi connectivity index (χ0n) is 24.4. The highest BCUT2D eigenvalue weighted by Gasteiger charge is 2.57. The fraction of sp³-hybridized carbons (Fsp3) is 1.00. The number of ether oxygens (including phenoxy) is 4. The minimum absolute atomic E-state index is 0.000508. The van der Waals surface area contributed by atoms with Crippen LogP contribution in [0.5, 0.6) is 0 Å². The molecule has 2 heterocycles. The summed E-state index contributed by atoms with van der Waals surface area (Å²) in [7, 11) is 1.01. The summed E-state index contributed by atoms with van der Waals surface area (Å²) >= 11 is -13.0. The fourth-order valence-electron chi connectivity index (χ4n) is 3.83. The van der Waals surface area contributed by atoms with Crippen LogP contribution in [-0.2, 0) is 142 Å². The van der Waals surface area contributed by atoms with E-state index in [9.17, 15) is 30.5 Å². The summed E-state index contributed by atoms with van der Waals surface area (Å²) in [5.41, 5.74) is 0. The number of hydrogen-bond acceptors (Lipinski definition) is 31. The van der Waals surface area contributed by atoms with Gasteiger partial charge in [0.2, 0.25) is 0 Å². The summed E-state index contributed by atoms with van der Waals surface area (Å²) in [6.07, 6.45) is -19.1. The first-order valence-electron chi connectivity index (χ1n) is 12.1. The minimum atomic E-state index is -3.25. The normalized spacial score (nSPS) is 32.0. The van der Waals surface area contributed by atoms with E-state index in [1.165, 1.54) is 0 Å². The van der Waals surface area contributed by atoms with E-state index in [0.717, 1.165) is 7.11 Å². The molecule has 310 valence electrons. The molecule has 0 spiro atoms. The third kappa shape index (κ3) is 17.8. The molecule has 2 rings (SSSR count). The number of methoxy groups -OCH3 is 1. The molecular formula is C13H24O32S7. The Morgan fingerprint density at radius 3 is 1.37 bits per heavy atom. The third-order valence-corrected chi connectivity index (χ3v) is 7.32. The molecule has 2 aliphatic rings. The van der Waals surface area contributed by atoms with Gasteiger partial charge in [0.1, 0.15) is 24.4 Å². The Balaban J connectivity index is 2.67. The average molecular weight is 917 g/mol. The van der Waals surface area contributed by atoms with E-state index in [2.05, 4.69) is 45.5 Å². The van der Waals surface area contributed by atoms with Crippen molar-refractivity contribution in [1.82, 2.24) is 0 Å². The Morgan fingerprint density at radius 2 is 0.923 bits per heavy atom. The Kier molecular flexibility index (Phi) is 26.2. The van der Waals surface area contributed by atoms with Gasteiger partial charge in [-0.2, -0.15) is 16.8 Å². The van der Waals surface area contributed by atoms with E-state index >= 15 is 0 Å². The Labute approximate surface area is 310 Å². The van der Waals surface area contributed by atoms with Crippen LogP contribution in [0.25, 0.3) is 0 Å². The maximum atomic E-state index is 11.4. The Bertz CT molecular complexity index is 1060. The lowest BCUT2D eigenvalue weighted by Gasteiger charge is -2.47. The van der Waals surface area contributed by atoms with Crippen molar-refractivity contribution in [3.63, 3.8) is 0 Å². The highest BCUT2D eigenvalue weighted by molar-refractivity contribution is 7.90. The molecule has 0 aromatic heterocycles. The summed E-state index contributed by atoms with van der Waals surface area (Å²) in [4.78, 5) is 19.7. The number of hydrogen-bond donors (Lipinski definition) is 7. The van der Waals surface area contributed by atoms with Gasteiger partial charge in [0.15, 0.2) is 74.0 Å². The van der Waals surface area contributed by atoms with Gasteiger partial charge in [0, 0.05) is 7.11 Å². The van der Waals surface area contributed by atoms with Crippen molar-refractivity contribution >= 4 is 82.4 Å². The predicted octanol–water partition coefficient (Wildman–Crippen LogP) is -1.35. The molecule has 14 atom stereocenters. The van der Waals surface area contributed by atoms with Gasteiger partial charge >= 0.3 is 45.4 Å². The Hall–Kier alpha value is 0.530. The molecule has 7 N–H and O–H groups in total. The summed E-state index contributed by atoms with van der Waals surface area (Å²) in [5.74, 6) is 0. The molecule has 2 fully saturated rings. The van der Waals surface area contributed by atoms with Crippen LogP contribution in [0.3, 0.4) is 0 Å². The van der Waals surface area contributed by atoms with Crippen molar-refractivity contribution in [1.29, 1.82) is 0 Å². The standard InChI is InChI=1S/C13H24O32S7/c1-25-12-10(33-44-51(21)22)8(31-42-49(17)18)6(4(28-12)2-26-46-39-36-14)30-13-11(34-45-52(23)24)9(32-43-50(19)20)7(35-48-41-38-16)5(29-13)3-27-47-40-37-15/h4-16H,2-3H2,1H3,(H,17,18)(H,19,20)(H,21,22)(H,23,24)/t4?,5?,6-,7-,8-,9-,10?,11?,12+,13-/m0/s1. The molecule has 0 saturated carbocycles. The van der Waals surface area contributed by atoms with Gasteiger partial charge < -0.3 is 18.9 Å². The second-order valence-corrected chi connectivity index (χ2v) is 11.8. The summed E-state index contributed by atoms with van der Waals surface area (Å²) in [5, 5.41) is 35.5. The van der Waals surface area contributed by atoms with Gasteiger partial charge in [0.05, 0.1) is 13.2 Å². The second-order valence-electron chi connectivity index (χ2n) is 8.07. The lowest BCUT2D eigenvalue weighted by molar-refractivity contribution is -0.445. The van der Waals surface area contributed by atoms with Crippen molar-refractivity contribution in [2.24, 2.45) is 0 Å². The van der Waals surface area contributed by atoms with E-state index in [1.807, 2.05) is 0 Å². The molecule has 32 nitrogen and oxygen atoms in total. The van der Waals surface area contributed by atoms with Crippen LogP contribution >= 0.6 is 37.0 Å². The van der Waals surface area contributed by atoms with Gasteiger partial charge in [-0.25, -0.2) is 35.3 Å². The second kappa shape index (κ2) is 28.0. The van der Waals surface area contributed by atoms with E-state index in [-0.39, 0.29) is 37.0 Å². The van der Waals surface area contributed by atoms with E-state index in [4.69, 9.17) is 71.4 Å². The van der Waals surface area contributed by atoms with E-state index in [0.29, 0.717) is 0 Å². The van der Waals surface area contributed by atoms with Gasteiger partial charge in [-0.15, -0.1) is 30.3 Å². The molecule has 0 aromatic carbocycles. The molecule has 0 aliphatic carbocycles. The summed E-state index contributed by atoms with van der Waals surface area (Å²) in [6.45, 7) is -1.49. The first-order chi connectivity index (χ1) is 25.0. The van der Waals surface area contributed by atoms with Gasteiger partial charge in [-0.1, -0.05) is 15.1 Å². The quantitative estimate of drug-likeness (QED) is 0.0150. The maximum Gasteiger partial charge on any atom is 0.331 e. The van der Waals surface area contributed by atoms with Crippen LogP contribution < -0.4 is 0 Å². The summed E-state index contributed by atoms with van der Waals surface area (Å²) < 4.78 is 150. The minimum Gasteiger partial charge on any atom is -0.353 e. The molecule has 0 aromatic rings. The van der Waals surface area contributed by atoms with Crippen LogP contribution in [0.4, 0.5) is 0 Å². The maximum absolute atomic E-state index is 11.4. The lowest BCUT2D eigenvalue weighted by atomic mass is 9.97. The monoisotopic (exact) mass is 916 g/mol. The topological polar surface area (TPSA) is 404 Å². The van der Waals surface area contributed by atoms with Gasteiger partial charge in [-0.3, -0.25) is 30.8 Å². The van der Waals surface area contributed by atoms with Crippen LogP contribution in [0.15, 0.2) is 0 Å². The molecule has 2 aliphatic heterocycles. The largest absolute Gasteiger partial charge is 0.353 e. The zero-order valence-corrected chi connectivity index (χ0v) is 30.1. The highest BCUT2D eigenvalue weighted by Crippen LogP contribution is 2.37. The summed E-state index contributed by atoms with van der Waals surface area (Å²) in [6, 6.07) is 0. The van der Waals surface area contributed by atoms with Crippen LogP contribution in [-0.4, -0.2) is 133 Å². The average Bonchev–Trinajstić information content (AvgIpc) is 3.09. The van der Waals surface area contributed by atoms with E-state index < -0.39 is 120 Å². The molecular weight excluding hydrogens is 893 g/mol. The number of rotatable bonds is 29. The van der Waals surface area contributed by atoms with Gasteiger partial charge in [-0.05, 0) is 0 Å². The molecule has 52 heavy (non-hydrogen) atoms. The van der Waals surface area contributed by atoms with Crippen molar-refractivity contribution in [3.8, 4) is 0 Å². The highest BCUT2D eigenvalue weighted by atomic mass is 32.2. The molecule has 8 unspecified atom stereocenters. The predicted molar refractivity (Wildman–Crippen MR) is 150 cm³/mol. The lowest BCUT2D eigenvalue weighted by Crippen LogP contribution is -2.66. The molecule has 0 radical (unpaired) electrons. The Morgan fingerprint density at radius 1 is 0.538 bits per heavy atom. The first-order valence-corrected chi connectivity index (χ1v) is 18.2. The molecule has 0 amide bonds. The van der Waals surface area contributed by atoms with E-state index in [1.54, 1.807) is 0 Å². The molecule has 2 saturated heterocycles. The zero-order chi connectivity index (χ0) is 38.5. The fourth-order valence-corrected chi connectivity index (χ4v) is 5.35. The van der Waals surface area contributed by atoms with Crippen molar-refractivity contribution < 1.29 is 147 Å². The molecule has 0 bridgehead atoms.